The Kier molecular flexibility index (Phi) is 3.51. The van der Waals surface area contributed by atoms with Crippen LogP contribution in [0, 0.1) is 0 Å². The quantitative estimate of drug-likeness (QED) is 0.917. The first-order valence-corrected chi connectivity index (χ1v) is 6.69. The lowest BCUT2D eigenvalue weighted by Gasteiger charge is -2.15. The number of alkyl halides is 2. The molecule has 6 nitrogen and oxygen atoms in total. The minimum Gasteiger partial charge on any atom is -0.471 e. The number of pyridine rings is 1. The number of fused-ring (bicyclic) bond motifs is 1. The molecule has 116 valence electrons. The second-order valence-corrected chi connectivity index (χ2v) is 5.28. The van der Waals surface area contributed by atoms with E-state index in [4.69, 9.17) is 4.74 Å². The number of ether oxygens (including phenoxy) is 1. The summed E-state index contributed by atoms with van der Waals surface area (Å²) < 4.78 is 30.9. The van der Waals surface area contributed by atoms with Crippen molar-refractivity contribution in [2.75, 3.05) is 6.61 Å². The molecule has 0 radical (unpaired) electrons. The molecule has 3 heterocycles. The van der Waals surface area contributed by atoms with Gasteiger partial charge in [-0.05, 0) is 11.6 Å². The van der Waals surface area contributed by atoms with E-state index in [1.807, 2.05) is 0 Å². The van der Waals surface area contributed by atoms with E-state index in [0.717, 1.165) is 18.1 Å². The summed E-state index contributed by atoms with van der Waals surface area (Å²) in [5.41, 5.74) is 1.84. The minimum absolute atomic E-state index is 0.0429. The topological polar surface area (TPSA) is 71.1 Å². The fraction of sp³-hybridized carbons (Fsp3) is 0.357. The summed E-state index contributed by atoms with van der Waals surface area (Å²) in [6, 6.07) is 1.69. The summed E-state index contributed by atoms with van der Waals surface area (Å²) in [6.07, 6.45) is 4.78. The molecule has 1 aliphatic rings. The first kappa shape index (κ1) is 14.4. The van der Waals surface area contributed by atoms with Crippen LogP contribution in [0.25, 0.3) is 0 Å². The van der Waals surface area contributed by atoms with Gasteiger partial charge in [0.2, 0.25) is 5.88 Å². The maximum Gasteiger partial charge on any atom is 0.278 e. The van der Waals surface area contributed by atoms with Gasteiger partial charge in [-0.15, -0.1) is 0 Å². The molecule has 2 aromatic rings. The molecule has 0 saturated heterocycles. The summed E-state index contributed by atoms with van der Waals surface area (Å²) in [7, 11) is 0. The van der Waals surface area contributed by atoms with Crippen molar-refractivity contribution in [3.8, 4) is 5.88 Å². The molecule has 1 aliphatic heterocycles. The monoisotopic (exact) mass is 308 g/mol. The third-order valence-electron chi connectivity index (χ3n) is 3.26. The first-order valence-electron chi connectivity index (χ1n) is 6.69. The van der Waals surface area contributed by atoms with E-state index < -0.39 is 12.5 Å². The predicted molar refractivity (Wildman–Crippen MR) is 72.5 cm³/mol. The van der Waals surface area contributed by atoms with E-state index in [0.29, 0.717) is 13.1 Å². The van der Waals surface area contributed by atoms with Crippen molar-refractivity contribution in [2.24, 2.45) is 0 Å². The second-order valence-electron chi connectivity index (χ2n) is 5.28. The zero-order valence-corrected chi connectivity index (χ0v) is 11.8. The zero-order chi connectivity index (χ0) is 15.7. The summed E-state index contributed by atoms with van der Waals surface area (Å²) >= 11 is 0. The first-order chi connectivity index (χ1) is 10.4. The Bertz CT molecular complexity index is 683. The fourth-order valence-corrected chi connectivity index (χ4v) is 2.29. The number of H-pyrrole nitrogens is 1. The molecule has 0 bridgehead atoms. The molecule has 0 fully saturated rings. The molecule has 1 N–H and O–H groups in total. The van der Waals surface area contributed by atoms with Crippen LogP contribution < -0.4 is 4.74 Å². The van der Waals surface area contributed by atoms with Crippen molar-refractivity contribution < 1.29 is 18.3 Å². The number of aromatic nitrogens is 3. The van der Waals surface area contributed by atoms with E-state index >= 15 is 0 Å². The third-order valence-corrected chi connectivity index (χ3v) is 3.26. The number of nitrogens with one attached hydrogen (secondary N) is 1. The Morgan fingerprint density at radius 1 is 1.50 bits per heavy atom. The highest BCUT2D eigenvalue weighted by atomic mass is 19.3. The number of nitrogens with zero attached hydrogens (tertiary/aromatic N) is 3. The average molecular weight is 308 g/mol. The van der Waals surface area contributed by atoms with Gasteiger partial charge in [-0.3, -0.25) is 9.89 Å². The number of carbonyl (C=O) groups excluding carboxylic acids is 1. The van der Waals surface area contributed by atoms with Crippen molar-refractivity contribution in [1.82, 2.24) is 20.1 Å². The molecule has 8 heteroatoms. The molecule has 0 atom stereocenters. The number of aromatic amines is 1. The highest BCUT2D eigenvalue weighted by molar-refractivity contribution is 6.00. The highest BCUT2D eigenvalue weighted by Crippen LogP contribution is 2.30. The number of hydrogen-bond donors (Lipinski definition) is 1. The van der Waals surface area contributed by atoms with E-state index in [9.17, 15) is 13.6 Å². The number of amides is 1. The summed E-state index contributed by atoms with van der Waals surface area (Å²) in [5, 5.41) is 6.51. The van der Waals surface area contributed by atoms with Crippen LogP contribution in [0.4, 0.5) is 8.78 Å². The maximum atomic E-state index is 12.9. The van der Waals surface area contributed by atoms with Gasteiger partial charge in [-0.2, -0.15) is 5.10 Å². The molecule has 0 aliphatic carbocycles. The van der Waals surface area contributed by atoms with Gasteiger partial charge in [0.15, 0.2) is 6.61 Å². The molecular weight excluding hydrogens is 294 g/mol. The van der Waals surface area contributed by atoms with Crippen molar-refractivity contribution in [3.63, 3.8) is 0 Å². The summed E-state index contributed by atoms with van der Waals surface area (Å²) in [6.45, 7) is 0.711. The molecule has 3 rings (SSSR count). The number of rotatable bonds is 5. The predicted octanol–water partition coefficient (Wildman–Crippen LogP) is 1.99. The summed E-state index contributed by atoms with van der Waals surface area (Å²) in [5.74, 6) is -3.31. The van der Waals surface area contributed by atoms with Crippen LogP contribution in [0.1, 0.15) is 28.4 Å². The van der Waals surface area contributed by atoms with E-state index in [-0.39, 0.29) is 17.4 Å². The Balaban J connectivity index is 1.80. The molecule has 1 amide bonds. The van der Waals surface area contributed by atoms with E-state index in [1.165, 1.54) is 6.20 Å². The second kappa shape index (κ2) is 5.36. The van der Waals surface area contributed by atoms with Crippen LogP contribution in [-0.4, -0.2) is 38.5 Å². The Morgan fingerprint density at radius 3 is 3.00 bits per heavy atom. The number of hydrogen-bond acceptors (Lipinski definition) is 4. The normalized spacial score (nSPS) is 14.3. The van der Waals surface area contributed by atoms with Gasteiger partial charge in [-0.25, -0.2) is 13.8 Å². The molecule has 0 aromatic carbocycles. The Labute approximate surface area is 125 Å². The van der Waals surface area contributed by atoms with Crippen molar-refractivity contribution in [2.45, 2.75) is 25.9 Å². The van der Waals surface area contributed by atoms with Crippen molar-refractivity contribution >= 4 is 5.91 Å². The largest absolute Gasteiger partial charge is 0.471 e. The van der Waals surface area contributed by atoms with Gasteiger partial charge >= 0.3 is 0 Å². The van der Waals surface area contributed by atoms with Gasteiger partial charge in [0, 0.05) is 38.0 Å². The maximum absolute atomic E-state index is 12.9. The Morgan fingerprint density at radius 2 is 2.32 bits per heavy atom. The lowest BCUT2D eigenvalue weighted by atomic mass is 10.2. The highest BCUT2D eigenvalue weighted by Gasteiger charge is 2.33. The number of halogens is 2. The standard InChI is InChI=1S/C14H14F2N4O2/c1-14(15,16)8-22-12-11-10(2-3-17-12)7-20(13(11)21)6-9-4-18-19-5-9/h2-5H,6-8H2,1H3,(H,18,19). The van der Waals surface area contributed by atoms with Crippen LogP contribution in [-0.2, 0) is 13.1 Å². The van der Waals surface area contributed by atoms with Gasteiger partial charge in [-0.1, -0.05) is 0 Å². The van der Waals surface area contributed by atoms with Crippen LogP contribution in [0.15, 0.2) is 24.7 Å². The lowest BCUT2D eigenvalue weighted by molar-refractivity contribution is -0.0245. The molecule has 0 spiro atoms. The smallest absolute Gasteiger partial charge is 0.278 e. The van der Waals surface area contributed by atoms with Crippen molar-refractivity contribution in [1.29, 1.82) is 0 Å². The fourth-order valence-electron chi connectivity index (χ4n) is 2.29. The minimum atomic E-state index is -2.98. The van der Waals surface area contributed by atoms with Crippen molar-refractivity contribution in [3.05, 3.63) is 41.3 Å². The van der Waals surface area contributed by atoms with E-state index in [1.54, 1.807) is 23.4 Å². The molecule has 0 unspecified atom stereocenters. The zero-order valence-electron chi connectivity index (χ0n) is 11.8. The summed E-state index contributed by atoms with van der Waals surface area (Å²) in [4.78, 5) is 18.0. The van der Waals surface area contributed by atoms with Crippen LogP contribution in [0.3, 0.4) is 0 Å². The van der Waals surface area contributed by atoms with Crippen LogP contribution >= 0.6 is 0 Å². The van der Waals surface area contributed by atoms with Gasteiger partial charge in [0.05, 0.1) is 6.20 Å². The SMILES string of the molecule is CC(F)(F)COc1nccc2c1C(=O)N(Cc1cn[nH]c1)C2. The third kappa shape index (κ3) is 2.90. The van der Waals surface area contributed by atoms with Gasteiger partial charge in [0.1, 0.15) is 5.56 Å². The molecule has 0 saturated carbocycles. The number of carbonyl (C=O) groups is 1. The van der Waals surface area contributed by atoms with Crippen LogP contribution in [0.5, 0.6) is 5.88 Å². The lowest BCUT2D eigenvalue weighted by Crippen LogP contribution is -2.25. The van der Waals surface area contributed by atoms with Crippen LogP contribution in [0.2, 0.25) is 0 Å². The van der Waals surface area contributed by atoms with Gasteiger partial charge in [0.25, 0.3) is 11.8 Å². The molecule has 2 aromatic heterocycles. The Hall–Kier alpha value is -2.51. The molecular formula is C14H14F2N4O2. The van der Waals surface area contributed by atoms with Gasteiger partial charge < -0.3 is 9.64 Å². The average Bonchev–Trinajstić information content (AvgIpc) is 3.06. The molecule has 22 heavy (non-hydrogen) atoms. The van der Waals surface area contributed by atoms with E-state index in [2.05, 4.69) is 15.2 Å².